The summed E-state index contributed by atoms with van der Waals surface area (Å²) in [5, 5.41) is 0. The zero-order chi connectivity index (χ0) is 16.8. The van der Waals surface area contributed by atoms with Crippen molar-refractivity contribution in [2.24, 2.45) is 0 Å². The third-order valence-electron chi connectivity index (χ3n) is 4.24. The number of carbonyl (C=O) groups excluding carboxylic acids is 2. The Morgan fingerprint density at radius 2 is 1.96 bits per heavy atom. The van der Waals surface area contributed by atoms with Gasteiger partial charge in [-0.1, -0.05) is 18.2 Å². The molecule has 5 nitrogen and oxygen atoms in total. The number of amides is 1. The maximum Gasteiger partial charge on any atom is 0.328 e. The molecule has 0 bridgehead atoms. The van der Waals surface area contributed by atoms with Crippen LogP contribution in [-0.2, 0) is 14.3 Å². The average molecular weight is 319 g/mol. The van der Waals surface area contributed by atoms with Gasteiger partial charge in [0.05, 0.1) is 13.7 Å². The number of esters is 1. The molecule has 126 valence electrons. The van der Waals surface area contributed by atoms with E-state index in [4.69, 9.17) is 9.47 Å². The maximum atomic E-state index is 12.3. The Bertz CT molecular complexity index is 550. The molecule has 1 aliphatic heterocycles. The van der Waals surface area contributed by atoms with Crippen LogP contribution in [0.15, 0.2) is 18.2 Å². The molecule has 0 radical (unpaired) electrons. The quantitative estimate of drug-likeness (QED) is 0.597. The van der Waals surface area contributed by atoms with Crippen LogP contribution < -0.4 is 4.74 Å². The highest BCUT2D eigenvalue weighted by Crippen LogP contribution is 2.23. The molecule has 1 unspecified atom stereocenters. The van der Waals surface area contributed by atoms with E-state index in [9.17, 15) is 9.59 Å². The standard InChI is InChI=1S/C18H25NO4/c1-13-7-4-8-14(2)17(13)23-12-6-10-16(20)19-11-5-9-15(19)18(21)22-3/h4,7-8,15H,5-6,9-12H2,1-3H3. The molecule has 0 aliphatic carbocycles. The molecular weight excluding hydrogens is 294 g/mol. The Morgan fingerprint density at radius 3 is 2.61 bits per heavy atom. The molecular formula is C18H25NO4. The van der Waals surface area contributed by atoms with Crippen LogP contribution in [0.3, 0.4) is 0 Å². The summed E-state index contributed by atoms with van der Waals surface area (Å²) in [5.41, 5.74) is 2.20. The Kier molecular flexibility index (Phi) is 6.02. The SMILES string of the molecule is COC(=O)C1CCCN1C(=O)CCCOc1c(C)cccc1C. The van der Waals surface area contributed by atoms with Gasteiger partial charge in [-0.15, -0.1) is 0 Å². The van der Waals surface area contributed by atoms with Gasteiger partial charge in [0.2, 0.25) is 5.91 Å². The zero-order valence-electron chi connectivity index (χ0n) is 14.1. The molecule has 1 amide bonds. The first kappa shape index (κ1) is 17.3. The van der Waals surface area contributed by atoms with Crippen LogP contribution in [-0.4, -0.2) is 43.1 Å². The van der Waals surface area contributed by atoms with Crippen LogP contribution in [0.1, 0.15) is 36.8 Å². The highest BCUT2D eigenvalue weighted by atomic mass is 16.5. The van der Waals surface area contributed by atoms with Gasteiger partial charge in [-0.2, -0.15) is 0 Å². The van der Waals surface area contributed by atoms with Crippen LogP contribution in [0.25, 0.3) is 0 Å². The van der Waals surface area contributed by atoms with Gasteiger partial charge in [-0.3, -0.25) is 4.79 Å². The second-order valence-corrected chi connectivity index (χ2v) is 5.94. The monoisotopic (exact) mass is 319 g/mol. The maximum absolute atomic E-state index is 12.3. The van der Waals surface area contributed by atoms with E-state index in [1.165, 1.54) is 7.11 Å². The van der Waals surface area contributed by atoms with Crippen LogP contribution in [0.2, 0.25) is 0 Å². The first-order valence-corrected chi connectivity index (χ1v) is 8.11. The van der Waals surface area contributed by atoms with Crippen LogP contribution in [0, 0.1) is 13.8 Å². The number of methoxy groups -OCH3 is 1. The van der Waals surface area contributed by atoms with Crippen molar-refractivity contribution in [3.05, 3.63) is 29.3 Å². The Morgan fingerprint density at radius 1 is 1.26 bits per heavy atom. The van der Waals surface area contributed by atoms with E-state index < -0.39 is 6.04 Å². The van der Waals surface area contributed by atoms with Gasteiger partial charge in [0.25, 0.3) is 0 Å². The molecule has 0 saturated carbocycles. The van der Waals surface area contributed by atoms with Gasteiger partial charge < -0.3 is 14.4 Å². The summed E-state index contributed by atoms with van der Waals surface area (Å²) in [7, 11) is 1.36. The highest BCUT2D eigenvalue weighted by Gasteiger charge is 2.34. The number of para-hydroxylation sites is 1. The third-order valence-corrected chi connectivity index (χ3v) is 4.24. The summed E-state index contributed by atoms with van der Waals surface area (Å²) in [6.07, 6.45) is 2.57. The summed E-state index contributed by atoms with van der Waals surface area (Å²) < 4.78 is 10.6. The van der Waals surface area contributed by atoms with Crippen LogP contribution in [0.4, 0.5) is 0 Å². The van der Waals surface area contributed by atoms with Gasteiger partial charge in [0.1, 0.15) is 11.8 Å². The lowest BCUT2D eigenvalue weighted by Crippen LogP contribution is -2.41. The molecule has 0 N–H and O–H groups in total. The molecule has 1 aromatic rings. The van der Waals surface area contributed by atoms with E-state index in [1.54, 1.807) is 4.90 Å². The summed E-state index contributed by atoms with van der Waals surface area (Å²) >= 11 is 0. The molecule has 1 fully saturated rings. The predicted molar refractivity (Wildman–Crippen MR) is 87.4 cm³/mol. The minimum atomic E-state index is -0.410. The number of rotatable bonds is 6. The second-order valence-electron chi connectivity index (χ2n) is 5.94. The number of aryl methyl sites for hydroxylation is 2. The van der Waals surface area contributed by atoms with Crippen LogP contribution in [0.5, 0.6) is 5.75 Å². The number of nitrogens with zero attached hydrogens (tertiary/aromatic N) is 1. The fourth-order valence-electron chi connectivity index (χ4n) is 3.01. The van der Waals surface area contributed by atoms with Gasteiger partial charge in [-0.25, -0.2) is 4.79 Å². The van der Waals surface area contributed by atoms with Gasteiger partial charge in [0, 0.05) is 13.0 Å². The minimum Gasteiger partial charge on any atom is -0.493 e. The van der Waals surface area contributed by atoms with Gasteiger partial charge in [-0.05, 0) is 44.2 Å². The first-order chi connectivity index (χ1) is 11.0. The first-order valence-electron chi connectivity index (χ1n) is 8.11. The van der Waals surface area contributed by atoms with Gasteiger partial charge in [0.15, 0.2) is 0 Å². The molecule has 1 aromatic carbocycles. The summed E-state index contributed by atoms with van der Waals surface area (Å²) in [5.74, 6) is 0.583. The lowest BCUT2D eigenvalue weighted by molar-refractivity contribution is -0.151. The van der Waals surface area contributed by atoms with Crippen molar-refractivity contribution in [3.8, 4) is 5.75 Å². The van der Waals surface area contributed by atoms with Crippen molar-refractivity contribution < 1.29 is 19.1 Å². The number of likely N-dealkylation sites (tertiary alicyclic amines) is 1. The normalized spacial score (nSPS) is 17.2. The smallest absolute Gasteiger partial charge is 0.328 e. The van der Waals surface area contributed by atoms with Crippen molar-refractivity contribution in [1.29, 1.82) is 0 Å². The molecule has 2 rings (SSSR count). The van der Waals surface area contributed by atoms with E-state index in [0.717, 1.165) is 23.3 Å². The Hall–Kier alpha value is -2.04. The van der Waals surface area contributed by atoms with Crippen molar-refractivity contribution in [2.45, 2.75) is 45.6 Å². The largest absolute Gasteiger partial charge is 0.493 e. The van der Waals surface area contributed by atoms with Crippen LogP contribution >= 0.6 is 0 Å². The number of benzene rings is 1. The zero-order valence-corrected chi connectivity index (χ0v) is 14.1. The number of hydrogen-bond acceptors (Lipinski definition) is 4. The van der Waals surface area contributed by atoms with E-state index in [1.807, 2.05) is 32.0 Å². The topological polar surface area (TPSA) is 55.8 Å². The number of hydrogen-bond donors (Lipinski definition) is 0. The summed E-state index contributed by atoms with van der Waals surface area (Å²) in [4.78, 5) is 25.6. The fraction of sp³-hybridized carbons (Fsp3) is 0.556. The molecule has 0 spiro atoms. The average Bonchev–Trinajstić information content (AvgIpc) is 3.02. The lowest BCUT2D eigenvalue weighted by atomic mass is 10.1. The lowest BCUT2D eigenvalue weighted by Gasteiger charge is -2.22. The summed E-state index contributed by atoms with van der Waals surface area (Å²) in [6.45, 7) is 5.15. The van der Waals surface area contributed by atoms with E-state index in [2.05, 4.69) is 0 Å². The molecule has 1 aliphatic rings. The van der Waals surface area contributed by atoms with E-state index >= 15 is 0 Å². The number of ether oxygens (including phenoxy) is 2. The van der Waals surface area contributed by atoms with Crippen molar-refractivity contribution in [1.82, 2.24) is 4.90 Å². The van der Waals surface area contributed by atoms with Crippen molar-refractivity contribution in [2.75, 3.05) is 20.3 Å². The predicted octanol–water partition coefficient (Wildman–Crippen LogP) is 2.63. The number of carbonyl (C=O) groups is 2. The van der Waals surface area contributed by atoms with Crippen molar-refractivity contribution in [3.63, 3.8) is 0 Å². The molecule has 0 aromatic heterocycles. The molecule has 1 saturated heterocycles. The fourth-order valence-corrected chi connectivity index (χ4v) is 3.01. The molecule has 5 heteroatoms. The Balaban J connectivity index is 1.80. The van der Waals surface area contributed by atoms with Crippen molar-refractivity contribution >= 4 is 11.9 Å². The summed E-state index contributed by atoms with van der Waals surface area (Å²) in [6, 6.07) is 5.62. The van der Waals surface area contributed by atoms with E-state index in [0.29, 0.717) is 32.4 Å². The Labute approximate surface area is 137 Å². The molecule has 1 atom stereocenters. The minimum absolute atomic E-state index is 0.00278. The highest BCUT2D eigenvalue weighted by molar-refractivity contribution is 5.85. The molecule has 23 heavy (non-hydrogen) atoms. The second kappa shape index (κ2) is 7.99. The third kappa shape index (κ3) is 4.24. The van der Waals surface area contributed by atoms with E-state index in [-0.39, 0.29) is 11.9 Å². The molecule has 1 heterocycles. The van der Waals surface area contributed by atoms with Gasteiger partial charge >= 0.3 is 5.97 Å².